The van der Waals surface area contributed by atoms with E-state index in [2.05, 4.69) is 79.7 Å². The zero-order valence-corrected chi connectivity index (χ0v) is 28.4. The average Bonchev–Trinajstić information content (AvgIpc) is 3.13. The van der Waals surface area contributed by atoms with Crippen molar-refractivity contribution in [3.63, 3.8) is 0 Å². The van der Waals surface area contributed by atoms with E-state index < -0.39 is 0 Å². The Labute approximate surface area is 287 Å². The van der Waals surface area contributed by atoms with Gasteiger partial charge in [0.1, 0.15) is 23.0 Å². The zero-order valence-electron chi connectivity index (χ0n) is 28.4. The number of hydrogen-bond acceptors (Lipinski definition) is 4. The van der Waals surface area contributed by atoms with Gasteiger partial charge in [-0.1, -0.05) is 87.6 Å². The second-order valence-corrected chi connectivity index (χ2v) is 13.5. The van der Waals surface area contributed by atoms with E-state index in [0.29, 0.717) is 5.92 Å². The van der Waals surface area contributed by atoms with Crippen LogP contribution in [-0.2, 0) is 11.8 Å². The third kappa shape index (κ3) is 8.41. The van der Waals surface area contributed by atoms with Crippen molar-refractivity contribution in [2.45, 2.75) is 88.9 Å². The molecule has 1 saturated carbocycles. The lowest BCUT2D eigenvalue weighted by molar-refractivity contribution is 0.314. The summed E-state index contributed by atoms with van der Waals surface area (Å²) in [5.41, 5.74) is 18.7. The van der Waals surface area contributed by atoms with E-state index in [1.165, 1.54) is 67.2 Å². The minimum Gasteiger partial charge on any atom is -0.457 e. The van der Waals surface area contributed by atoms with Crippen LogP contribution in [0.2, 0.25) is 0 Å². The van der Waals surface area contributed by atoms with E-state index >= 15 is 0 Å². The normalized spacial score (nSPS) is 14.4. The third-order valence-electron chi connectivity index (χ3n) is 10.2. The SMILES string of the molecule is CCCCCCCCc1ccc(C2CCC(c3ccc(Oc4ccc(N)cc4)cc3)(c3ccc(Oc4ccc(N)cc4)cc3)CC2)cc1. The largest absolute Gasteiger partial charge is 0.457 e. The molecule has 1 aliphatic rings. The molecule has 0 radical (unpaired) electrons. The van der Waals surface area contributed by atoms with Crippen molar-refractivity contribution in [1.82, 2.24) is 0 Å². The predicted octanol–water partition coefficient (Wildman–Crippen LogP) is 12.0. The number of anilines is 2. The van der Waals surface area contributed by atoms with E-state index in [4.69, 9.17) is 20.9 Å². The van der Waals surface area contributed by atoms with Crippen molar-refractivity contribution in [2.75, 3.05) is 11.5 Å². The first-order valence-corrected chi connectivity index (χ1v) is 17.9. The van der Waals surface area contributed by atoms with E-state index in [-0.39, 0.29) is 5.41 Å². The lowest BCUT2D eigenvalue weighted by Crippen LogP contribution is -2.32. The molecular weight excluding hydrogens is 588 g/mol. The number of hydrogen-bond donors (Lipinski definition) is 2. The van der Waals surface area contributed by atoms with Gasteiger partial charge in [-0.25, -0.2) is 0 Å². The molecule has 0 aromatic heterocycles. The number of nitrogens with two attached hydrogens (primary N) is 2. The molecule has 0 atom stereocenters. The standard InChI is InChI=1S/C44H50N2O2/c1-2-3-4-5-6-7-8-33-9-11-34(12-10-33)35-29-31-44(32-30-35,36-13-21-40(22-14-36)47-42-25-17-38(45)18-26-42)37-15-23-41(24-16-37)48-43-27-19-39(46)20-28-43/h9-28,35H,2-8,29-32,45-46H2,1H3. The Morgan fingerprint density at radius 3 is 1.40 bits per heavy atom. The van der Waals surface area contributed by atoms with Crippen LogP contribution >= 0.6 is 0 Å². The van der Waals surface area contributed by atoms with Gasteiger partial charge in [0.25, 0.3) is 0 Å². The highest BCUT2D eigenvalue weighted by Crippen LogP contribution is 2.49. The number of rotatable bonds is 14. The fourth-order valence-electron chi connectivity index (χ4n) is 7.28. The molecule has 5 aromatic carbocycles. The summed E-state index contributed by atoms with van der Waals surface area (Å²) in [5.74, 6) is 3.77. The highest BCUT2D eigenvalue weighted by atomic mass is 16.5. The van der Waals surface area contributed by atoms with Crippen molar-refractivity contribution < 1.29 is 9.47 Å². The van der Waals surface area contributed by atoms with Gasteiger partial charge in [-0.05, 0) is 139 Å². The predicted molar refractivity (Wildman–Crippen MR) is 200 cm³/mol. The summed E-state index contributed by atoms with van der Waals surface area (Å²) in [6.45, 7) is 2.28. The fraction of sp³-hybridized carbons (Fsp3) is 0.318. The highest BCUT2D eigenvalue weighted by molar-refractivity contribution is 5.48. The average molecular weight is 639 g/mol. The summed E-state index contributed by atoms with van der Waals surface area (Å²) < 4.78 is 12.3. The smallest absolute Gasteiger partial charge is 0.127 e. The Morgan fingerprint density at radius 1 is 0.521 bits per heavy atom. The van der Waals surface area contributed by atoms with Crippen LogP contribution in [0.3, 0.4) is 0 Å². The molecule has 0 spiro atoms. The number of ether oxygens (including phenoxy) is 2. The van der Waals surface area contributed by atoms with Crippen LogP contribution in [0, 0.1) is 0 Å². The Kier molecular flexibility index (Phi) is 11.0. The molecule has 0 aliphatic heterocycles. The van der Waals surface area contributed by atoms with Crippen molar-refractivity contribution in [2.24, 2.45) is 0 Å². The first-order chi connectivity index (χ1) is 23.5. The van der Waals surface area contributed by atoms with Crippen LogP contribution in [0.4, 0.5) is 11.4 Å². The lowest BCUT2D eigenvalue weighted by atomic mass is 9.62. The molecule has 0 amide bonds. The summed E-state index contributed by atoms with van der Waals surface area (Å²) in [6, 6.07) is 42.0. The van der Waals surface area contributed by atoms with Gasteiger partial charge in [-0.2, -0.15) is 0 Å². The molecule has 248 valence electrons. The molecule has 6 rings (SSSR count). The Morgan fingerprint density at radius 2 is 0.938 bits per heavy atom. The number of benzene rings is 5. The number of unbranched alkanes of at least 4 members (excludes halogenated alkanes) is 5. The second-order valence-electron chi connectivity index (χ2n) is 13.5. The quantitative estimate of drug-likeness (QED) is 0.0938. The molecule has 0 bridgehead atoms. The maximum atomic E-state index is 6.14. The minimum atomic E-state index is -0.0896. The van der Waals surface area contributed by atoms with Gasteiger partial charge in [0.05, 0.1) is 0 Å². The summed E-state index contributed by atoms with van der Waals surface area (Å²) >= 11 is 0. The topological polar surface area (TPSA) is 70.5 Å². The molecule has 0 unspecified atom stereocenters. The summed E-state index contributed by atoms with van der Waals surface area (Å²) in [7, 11) is 0. The number of aryl methyl sites for hydroxylation is 1. The Bertz CT molecular complexity index is 1590. The Hall–Kier alpha value is -4.70. The molecular formula is C44H50N2O2. The summed E-state index contributed by atoms with van der Waals surface area (Å²) in [4.78, 5) is 0. The molecule has 4 nitrogen and oxygen atoms in total. The maximum absolute atomic E-state index is 6.14. The van der Waals surface area contributed by atoms with Crippen molar-refractivity contribution in [3.05, 3.63) is 144 Å². The Balaban J connectivity index is 1.17. The third-order valence-corrected chi connectivity index (χ3v) is 10.2. The zero-order chi connectivity index (χ0) is 33.2. The molecule has 0 heterocycles. The lowest BCUT2D eigenvalue weighted by Gasteiger charge is -2.41. The first kappa shape index (κ1) is 33.2. The molecule has 1 aliphatic carbocycles. The van der Waals surface area contributed by atoms with Gasteiger partial charge in [0.2, 0.25) is 0 Å². The van der Waals surface area contributed by atoms with Gasteiger partial charge in [-0.15, -0.1) is 0 Å². The molecule has 1 fully saturated rings. The molecule has 4 heteroatoms. The van der Waals surface area contributed by atoms with Gasteiger partial charge < -0.3 is 20.9 Å². The second kappa shape index (κ2) is 15.9. The number of nitrogen functional groups attached to an aromatic ring is 2. The summed E-state index contributed by atoms with van der Waals surface area (Å²) in [6.07, 6.45) is 13.7. The van der Waals surface area contributed by atoms with Gasteiger partial charge in [0.15, 0.2) is 0 Å². The van der Waals surface area contributed by atoms with Crippen LogP contribution in [0.15, 0.2) is 121 Å². The van der Waals surface area contributed by atoms with E-state index in [1.807, 2.05) is 48.5 Å². The van der Waals surface area contributed by atoms with Gasteiger partial charge >= 0.3 is 0 Å². The summed E-state index contributed by atoms with van der Waals surface area (Å²) in [5, 5.41) is 0. The van der Waals surface area contributed by atoms with E-state index in [1.54, 1.807) is 0 Å². The van der Waals surface area contributed by atoms with Crippen LogP contribution in [-0.4, -0.2) is 0 Å². The monoisotopic (exact) mass is 638 g/mol. The van der Waals surface area contributed by atoms with Gasteiger partial charge in [-0.3, -0.25) is 0 Å². The fourth-order valence-corrected chi connectivity index (χ4v) is 7.28. The molecule has 4 N–H and O–H groups in total. The van der Waals surface area contributed by atoms with Crippen molar-refractivity contribution in [1.29, 1.82) is 0 Å². The molecule has 48 heavy (non-hydrogen) atoms. The van der Waals surface area contributed by atoms with E-state index in [0.717, 1.165) is 60.1 Å². The van der Waals surface area contributed by atoms with Crippen LogP contribution in [0.5, 0.6) is 23.0 Å². The molecule has 5 aromatic rings. The molecule has 0 saturated heterocycles. The van der Waals surface area contributed by atoms with Gasteiger partial charge in [0, 0.05) is 16.8 Å². The van der Waals surface area contributed by atoms with Crippen LogP contribution in [0.25, 0.3) is 0 Å². The van der Waals surface area contributed by atoms with E-state index in [9.17, 15) is 0 Å². The maximum Gasteiger partial charge on any atom is 0.127 e. The van der Waals surface area contributed by atoms with Crippen LogP contribution in [0.1, 0.15) is 99.3 Å². The first-order valence-electron chi connectivity index (χ1n) is 17.9. The van der Waals surface area contributed by atoms with Crippen molar-refractivity contribution >= 4 is 11.4 Å². The van der Waals surface area contributed by atoms with Crippen LogP contribution < -0.4 is 20.9 Å². The highest BCUT2D eigenvalue weighted by Gasteiger charge is 2.39. The minimum absolute atomic E-state index is 0.0896. The van der Waals surface area contributed by atoms with Crippen molar-refractivity contribution in [3.8, 4) is 23.0 Å².